The maximum absolute atomic E-state index is 12.6. The molecule has 0 radical (unpaired) electrons. The molecule has 7 nitrogen and oxygen atoms in total. The minimum atomic E-state index is 0.104. The van der Waals surface area contributed by atoms with Crippen molar-refractivity contribution in [1.82, 2.24) is 20.0 Å². The maximum Gasteiger partial charge on any atom is 0.242 e. The Morgan fingerprint density at radius 2 is 2.07 bits per heavy atom. The van der Waals surface area contributed by atoms with E-state index in [0.717, 1.165) is 37.8 Å². The lowest BCUT2D eigenvalue weighted by Crippen LogP contribution is -2.56. The van der Waals surface area contributed by atoms with Crippen molar-refractivity contribution in [2.24, 2.45) is 4.99 Å². The van der Waals surface area contributed by atoms with Crippen LogP contribution in [0.1, 0.15) is 5.56 Å². The molecule has 8 heteroatoms. The molecule has 0 aliphatic carbocycles. The smallest absolute Gasteiger partial charge is 0.242 e. The maximum atomic E-state index is 12.6. The molecule has 0 saturated carbocycles. The predicted octanol–water partition coefficient (Wildman–Crippen LogP) is 0.890. The fourth-order valence-electron chi connectivity index (χ4n) is 3.39. The Bertz CT molecular complexity index is 667. The molecule has 1 unspecified atom stereocenters. The Kier molecular flexibility index (Phi) is 6.93. The molecular weight excluding hydrogens is 366 g/mol. The topological polar surface area (TPSA) is 60.4 Å². The molecule has 1 aromatic carbocycles. The van der Waals surface area contributed by atoms with E-state index in [4.69, 9.17) is 16.3 Å². The second-order valence-electron chi connectivity index (χ2n) is 7.05. The quantitative estimate of drug-likeness (QED) is 0.608. The number of benzene rings is 1. The van der Waals surface area contributed by atoms with Gasteiger partial charge in [0.25, 0.3) is 0 Å². The van der Waals surface area contributed by atoms with Gasteiger partial charge < -0.3 is 24.8 Å². The molecule has 1 atom stereocenters. The van der Waals surface area contributed by atoms with E-state index in [1.807, 2.05) is 34.1 Å². The molecule has 2 fully saturated rings. The van der Waals surface area contributed by atoms with Crippen molar-refractivity contribution in [1.29, 1.82) is 0 Å². The van der Waals surface area contributed by atoms with Gasteiger partial charge in [-0.25, -0.2) is 0 Å². The number of amides is 1. The first-order valence-corrected chi connectivity index (χ1v) is 9.71. The lowest BCUT2D eigenvalue weighted by molar-refractivity contribution is -0.135. The number of hydrogen-bond acceptors (Lipinski definition) is 4. The van der Waals surface area contributed by atoms with E-state index >= 15 is 0 Å². The van der Waals surface area contributed by atoms with Gasteiger partial charge in [-0.3, -0.25) is 9.79 Å². The van der Waals surface area contributed by atoms with Crippen LogP contribution in [0.3, 0.4) is 0 Å². The fraction of sp³-hybridized carbons (Fsp3) is 0.579. The molecule has 1 amide bonds. The normalized spacial score (nSPS) is 22.3. The van der Waals surface area contributed by atoms with E-state index < -0.39 is 0 Å². The average Bonchev–Trinajstić information content (AvgIpc) is 2.66. The summed E-state index contributed by atoms with van der Waals surface area (Å²) in [5.74, 6) is 0.860. The van der Waals surface area contributed by atoms with Crippen LogP contribution >= 0.6 is 11.6 Å². The molecule has 27 heavy (non-hydrogen) atoms. The van der Waals surface area contributed by atoms with Crippen LogP contribution in [0.25, 0.3) is 0 Å². The second-order valence-corrected chi connectivity index (χ2v) is 7.48. The number of carbonyl (C=O) groups is 1. The number of halogens is 1. The summed E-state index contributed by atoms with van der Waals surface area (Å²) >= 11 is 5.93. The van der Waals surface area contributed by atoms with Crippen LogP contribution in [0.15, 0.2) is 29.3 Å². The van der Waals surface area contributed by atoms with Gasteiger partial charge in [-0.1, -0.05) is 23.7 Å². The van der Waals surface area contributed by atoms with Crippen molar-refractivity contribution in [3.8, 4) is 0 Å². The van der Waals surface area contributed by atoms with Crippen LogP contribution in [-0.2, 0) is 16.1 Å². The van der Waals surface area contributed by atoms with Crippen LogP contribution in [0.4, 0.5) is 0 Å². The lowest BCUT2D eigenvalue weighted by atomic mass is 10.2. The van der Waals surface area contributed by atoms with Crippen molar-refractivity contribution < 1.29 is 9.53 Å². The number of morpholine rings is 1. The van der Waals surface area contributed by atoms with Gasteiger partial charge >= 0.3 is 0 Å². The van der Waals surface area contributed by atoms with Crippen LogP contribution in [0.5, 0.6) is 0 Å². The number of rotatable bonds is 4. The van der Waals surface area contributed by atoms with Gasteiger partial charge in [-0.05, 0) is 24.7 Å². The van der Waals surface area contributed by atoms with Gasteiger partial charge in [0.1, 0.15) is 0 Å². The van der Waals surface area contributed by atoms with E-state index in [1.54, 1.807) is 7.05 Å². The number of nitrogens with one attached hydrogen (secondary N) is 1. The minimum absolute atomic E-state index is 0.104. The standard InChI is InChI=1S/C19H28ClN5O2/c1-21-19(22-11-17-13-23(2)9-10-27-17)25-8-7-24(18(26)14-25)12-15-3-5-16(20)6-4-15/h3-6,17H,7-14H2,1-2H3,(H,21,22). The van der Waals surface area contributed by atoms with Gasteiger partial charge in [-0.15, -0.1) is 0 Å². The molecular formula is C19H28ClN5O2. The lowest BCUT2D eigenvalue weighted by Gasteiger charge is -2.37. The van der Waals surface area contributed by atoms with Gasteiger partial charge in [0.05, 0.1) is 19.3 Å². The Morgan fingerprint density at radius 3 is 2.74 bits per heavy atom. The van der Waals surface area contributed by atoms with Crippen LogP contribution < -0.4 is 5.32 Å². The minimum Gasteiger partial charge on any atom is -0.374 e. The van der Waals surface area contributed by atoms with Gasteiger partial charge in [-0.2, -0.15) is 0 Å². The van der Waals surface area contributed by atoms with E-state index in [1.165, 1.54) is 0 Å². The van der Waals surface area contributed by atoms with E-state index in [-0.39, 0.29) is 12.0 Å². The summed E-state index contributed by atoms with van der Waals surface area (Å²) in [5.41, 5.74) is 1.09. The van der Waals surface area contributed by atoms with Gasteiger partial charge in [0.2, 0.25) is 5.91 Å². The average molecular weight is 394 g/mol. The number of guanidine groups is 1. The van der Waals surface area contributed by atoms with E-state index in [9.17, 15) is 4.79 Å². The highest BCUT2D eigenvalue weighted by atomic mass is 35.5. The molecule has 0 spiro atoms. The van der Waals surface area contributed by atoms with Crippen LogP contribution in [-0.4, -0.2) is 92.6 Å². The number of carbonyl (C=O) groups excluding carboxylic acids is 1. The number of nitrogens with zero attached hydrogens (tertiary/aromatic N) is 4. The number of piperazine rings is 1. The molecule has 0 aromatic heterocycles. The van der Waals surface area contributed by atoms with Crippen molar-refractivity contribution in [3.63, 3.8) is 0 Å². The van der Waals surface area contributed by atoms with Crippen molar-refractivity contribution in [2.75, 3.05) is 60.0 Å². The van der Waals surface area contributed by atoms with Crippen LogP contribution in [0.2, 0.25) is 5.02 Å². The monoisotopic (exact) mass is 393 g/mol. The number of ether oxygens (including phenoxy) is 1. The first-order chi connectivity index (χ1) is 13.0. The summed E-state index contributed by atoms with van der Waals surface area (Å²) in [6.07, 6.45) is 0.141. The van der Waals surface area contributed by atoms with Gasteiger partial charge in [0.15, 0.2) is 5.96 Å². The van der Waals surface area contributed by atoms with Crippen molar-refractivity contribution in [2.45, 2.75) is 12.6 Å². The molecule has 2 aliphatic heterocycles. The highest BCUT2D eigenvalue weighted by Gasteiger charge is 2.26. The number of aliphatic imine (C=N–C) groups is 1. The summed E-state index contributed by atoms with van der Waals surface area (Å²) < 4.78 is 5.78. The second kappa shape index (κ2) is 9.39. The molecule has 2 saturated heterocycles. The fourth-order valence-corrected chi connectivity index (χ4v) is 3.52. The van der Waals surface area contributed by atoms with E-state index in [2.05, 4.69) is 22.3 Å². The highest BCUT2D eigenvalue weighted by Crippen LogP contribution is 2.13. The third-order valence-corrected chi connectivity index (χ3v) is 5.20. The molecule has 0 bridgehead atoms. The third-order valence-electron chi connectivity index (χ3n) is 4.95. The zero-order chi connectivity index (χ0) is 19.2. The first kappa shape index (κ1) is 19.9. The number of hydrogen-bond donors (Lipinski definition) is 1. The Balaban J connectivity index is 1.49. The highest BCUT2D eigenvalue weighted by molar-refractivity contribution is 6.30. The molecule has 2 aliphatic rings. The van der Waals surface area contributed by atoms with Crippen molar-refractivity contribution in [3.05, 3.63) is 34.9 Å². The summed E-state index contributed by atoms with van der Waals surface area (Å²) in [5, 5.41) is 4.07. The summed E-state index contributed by atoms with van der Waals surface area (Å²) in [4.78, 5) is 23.1. The molecule has 3 rings (SSSR count). The Hall–Kier alpha value is -1.83. The summed E-state index contributed by atoms with van der Waals surface area (Å²) in [6, 6.07) is 7.63. The molecule has 148 valence electrons. The SMILES string of the molecule is CN=C(NCC1CN(C)CCO1)N1CCN(Cc2ccc(Cl)cc2)C(=O)C1. The number of likely N-dealkylation sites (N-methyl/N-ethyl adjacent to an activating group) is 1. The van der Waals surface area contributed by atoms with E-state index in [0.29, 0.717) is 31.2 Å². The molecule has 1 aromatic rings. The van der Waals surface area contributed by atoms with Crippen molar-refractivity contribution >= 4 is 23.5 Å². The first-order valence-electron chi connectivity index (χ1n) is 9.33. The summed E-state index contributed by atoms with van der Waals surface area (Å²) in [6.45, 7) is 5.68. The predicted molar refractivity (Wildman–Crippen MR) is 107 cm³/mol. The third kappa shape index (κ3) is 5.57. The molecule has 2 heterocycles. The van der Waals surface area contributed by atoms with Crippen LogP contribution in [0, 0.1) is 0 Å². The zero-order valence-corrected chi connectivity index (χ0v) is 16.8. The van der Waals surface area contributed by atoms with Gasteiger partial charge in [0, 0.05) is 51.3 Å². The zero-order valence-electron chi connectivity index (χ0n) is 16.0. The summed E-state index contributed by atoms with van der Waals surface area (Å²) in [7, 11) is 3.85. The molecule has 1 N–H and O–H groups in total. The largest absolute Gasteiger partial charge is 0.374 e. The Labute approximate surface area is 165 Å². The Morgan fingerprint density at radius 1 is 1.30 bits per heavy atom.